The van der Waals surface area contributed by atoms with E-state index >= 15 is 0 Å². The summed E-state index contributed by atoms with van der Waals surface area (Å²) in [6, 6.07) is 7.73. The largest absolute Gasteiger partial charge is 0.326 e. The molecule has 3 amide bonds. The van der Waals surface area contributed by atoms with Crippen LogP contribution in [0.2, 0.25) is 0 Å². The summed E-state index contributed by atoms with van der Waals surface area (Å²) in [7, 11) is 0. The van der Waals surface area contributed by atoms with Gasteiger partial charge in [0.2, 0.25) is 5.91 Å². The third kappa shape index (κ3) is 4.06. The molecule has 0 bridgehead atoms. The van der Waals surface area contributed by atoms with E-state index in [9.17, 15) is 9.59 Å². The SMILES string of the molecule is CCC(=O)Nc1cccc(NC(=O)N2CCC(N3CCCC3)C2)c1. The molecule has 2 N–H and O–H groups in total. The summed E-state index contributed by atoms with van der Waals surface area (Å²) in [5.74, 6) is -0.0357. The summed E-state index contributed by atoms with van der Waals surface area (Å²) in [6.07, 6.45) is 4.04. The van der Waals surface area contributed by atoms with Crippen LogP contribution in [0.5, 0.6) is 0 Å². The van der Waals surface area contributed by atoms with Gasteiger partial charge < -0.3 is 15.5 Å². The van der Waals surface area contributed by atoms with Gasteiger partial charge in [-0.05, 0) is 50.6 Å². The molecule has 0 aromatic heterocycles. The number of hydrogen-bond donors (Lipinski definition) is 2. The first-order valence-electron chi connectivity index (χ1n) is 8.85. The molecule has 2 fully saturated rings. The molecule has 0 radical (unpaired) electrons. The average molecular weight is 330 g/mol. The fourth-order valence-electron chi connectivity index (χ4n) is 3.46. The van der Waals surface area contributed by atoms with Gasteiger partial charge in [-0.25, -0.2) is 4.79 Å². The van der Waals surface area contributed by atoms with E-state index in [1.54, 1.807) is 6.07 Å². The van der Waals surface area contributed by atoms with Gasteiger partial charge in [-0.1, -0.05) is 13.0 Å². The second kappa shape index (κ2) is 7.66. The number of amides is 3. The highest BCUT2D eigenvalue weighted by Gasteiger charge is 2.31. The minimum atomic E-state index is -0.0596. The number of likely N-dealkylation sites (tertiary alicyclic amines) is 2. The lowest BCUT2D eigenvalue weighted by atomic mass is 10.2. The maximum Gasteiger partial charge on any atom is 0.321 e. The molecule has 6 heteroatoms. The van der Waals surface area contributed by atoms with Crippen molar-refractivity contribution >= 4 is 23.3 Å². The summed E-state index contributed by atoms with van der Waals surface area (Å²) in [6.45, 7) is 5.75. The zero-order valence-electron chi connectivity index (χ0n) is 14.3. The molecular weight excluding hydrogens is 304 g/mol. The normalized spacial score (nSPS) is 21.0. The number of rotatable bonds is 4. The van der Waals surface area contributed by atoms with Crippen LogP contribution >= 0.6 is 0 Å². The predicted molar refractivity (Wildman–Crippen MR) is 95.2 cm³/mol. The summed E-state index contributed by atoms with van der Waals surface area (Å²) in [4.78, 5) is 28.3. The van der Waals surface area contributed by atoms with Crippen LogP contribution < -0.4 is 10.6 Å². The Morgan fingerprint density at radius 3 is 2.54 bits per heavy atom. The van der Waals surface area contributed by atoms with E-state index in [1.165, 1.54) is 25.9 Å². The second-order valence-electron chi connectivity index (χ2n) is 6.54. The number of carbonyl (C=O) groups is 2. The Hall–Kier alpha value is -2.08. The Kier molecular flexibility index (Phi) is 5.35. The third-order valence-electron chi connectivity index (χ3n) is 4.83. The molecule has 0 saturated carbocycles. The molecule has 1 aromatic carbocycles. The van der Waals surface area contributed by atoms with Crippen molar-refractivity contribution in [1.29, 1.82) is 0 Å². The average Bonchev–Trinajstić information content (AvgIpc) is 3.26. The number of nitrogens with one attached hydrogen (secondary N) is 2. The Morgan fingerprint density at radius 2 is 1.83 bits per heavy atom. The lowest BCUT2D eigenvalue weighted by Gasteiger charge is -2.23. The Balaban J connectivity index is 1.55. The summed E-state index contributed by atoms with van der Waals surface area (Å²) in [5, 5.41) is 5.75. The fraction of sp³-hybridized carbons (Fsp3) is 0.556. The number of anilines is 2. The topological polar surface area (TPSA) is 64.7 Å². The molecule has 1 atom stereocenters. The van der Waals surface area contributed by atoms with Gasteiger partial charge in [0.15, 0.2) is 0 Å². The maximum atomic E-state index is 12.5. The molecule has 24 heavy (non-hydrogen) atoms. The zero-order valence-corrected chi connectivity index (χ0v) is 14.3. The standard InChI is InChI=1S/C18H26N4O2/c1-2-17(23)19-14-6-5-7-15(12-14)20-18(24)22-11-8-16(13-22)21-9-3-4-10-21/h5-7,12,16H,2-4,8-11,13H2,1H3,(H,19,23)(H,20,24). The monoisotopic (exact) mass is 330 g/mol. The lowest BCUT2D eigenvalue weighted by Crippen LogP contribution is -2.38. The summed E-state index contributed by atoms with van der Waals surface area (Å²) >= 11 is 0. The van der Waals surface area contributed by atoms with Gasteiger partial charge in [0, 0.05) is 36.9 Å². The molecular formula is C18H26N4O2. The van der Waals surface area contributed by atoms with Crippen molar-refractivity contribution in [2.45, 2.75) is 38.6 Å². The molecule has 2 heterocycles. The first kappa shape index (κ1) is 16.8. The summed E-state index contributed by atoms with van der Waals surface area (Å²) in [5.41, 5.74) is 1.41. The second-order valence-corrected chi connectivity index (χ2v) is 6.54. The first-order chi connectivity index (χ1) is 11.7. The van der Waals surface area contributed by atoms with E-state index in [1.807, 2.05) is 30.0 Å². The molecule has 0 aliphatic carbocycles. The van der Waals surface area contributed by atoms with Gasteiger partial charge in [-0.2, -0.15) is 0 Å². The van der Waals surface area contributed by atoms with E-state index < -0.39 is 0 Å². The quantitative estimate of drug-likeness (QED) is 0.892. The van der Waals surface area contributed by atoms with Gasteiger partial charge in [0.1, 0.15) is 0 Å². The molecule has 3 rings (SSSR count). The van der Waals surface area contributed by atoms with Crippen LogP contribution in [0.3, 0.4) is 0 Å². The highest BCUT2D eigenvalue weighted by Crippen LogP contribution is 2.22. The Morgan fingerprint density at radius 1 is 1.12 bits per heavy atom. The van der Waals surface area contributed by atoms with E-state index in [4.69, 9.17) is 0 Å². The molecule has 6 nitrogen and oxygen atoms in total. The van der Waals surface area contributed by atoms with Crippen molar-refractivity contribution in [3.8, 4) is 0 Å². The zero-order chi connectivity index (χ0) is 16.9. The minimum absolute atomic E-state index is 0.0357. The minimum Gasteiger partial charge on any atom is -0.326 e. The number of nitrogens with zero attached hydrogens (tertiary/aromatic N) is 2. The van der Waals surface area contributed by atoms with Crippen LogP contribution in [0, 0.1) is 0 Å². The van der Waals surface area contributed by atoms with Crippen molar-refractivity contribution in [3.05, 3.63) is 24.3 Å². The Bertz CT molecular complexity index is 598. The number of hydrogen-bond acceptors (Lipinski definition) is 3. The van der Waals surface area contributed by atoms with Gasteiger partial charge in [0.05, 0.1) is 0 Å². The van der Waals surface area contributed by atoms with Crippen molar-refractivity contribution in [2.24, 2.45) is 0 Å². The molecule has 2 aliphatic heterocycles. The van der Waals surface area contributed by atoms with Crippen molar-refractivity contribution in [1.82, 2.24) is 9.80 Å². The molecule has 0 spiro atoms. The van der Waals surface area contributed by atoms with Crippen molar-refractivity contribution in [2.75, 3.05) is 36.8 Å². The highest BCUT2D eigenvalue weighted by molar-refractivity contribution is 5.93. The van der Waals surface area contributed by atoms with Crippen LogP contribution in [-0.4, -0.2) is 54.0 Å². The van der Waals surface area contributed by atoms with Crippen molar-refractivity contribution < 1.29 is 9.59 Å². The first-order valence-corrected chi connectivity index (χ1v) is 8.85. The molecule has 1 aromatic rings. The highest BCUT2D eigenvalue weighted by atomic mass is 16.2. The van der Waals surface area contributed by atoms with E-state index in [0.29, 0.717) is 23.8 Å². The molecule has 130 valence electrons. The predicted octanol–water partition coefficient (Wildman–Crippen LogP) is 2.74. The van der Waals surface area contributed by atoms with Gasteiger partial charge >= 0.3 is 6.03 Å². The lowest BCUT2D eigenvalue weighted by molar-refractivity contribution is -0.115. The van der Waals surface area contributed by atoms with E-state index in [-0.39, 0.29) is 11.9 Å². The third-order valence-corrected chi connectivity index (χ3v) is 4.83. The van der Waals surface area contributed by atoms with Gasteiger partial charge in [-0.15, -0.1) is 0 Å². The Labute approximate surface area is 143 Å². The number of carbonyl (C=O) groups excluding carboxylic acids is 2. The van der Waals surface area contributed by atoms with E-state index in [2.05, 4.69) is 15.5 Å². The number of benzene rings is 1. The van der Waals surface area contributed by atoms with Gasteiger partial charge in [0.25, 0.3) is 0 Å². The van der Waals surface area contributed by atoms with Crippen LogP contribution in [0.15, 0.2) is 24.3 Å². The van der Waals surface area contributed by atoms with Gasteiger partial charge in [-0.3, -0.25) is 9.69 Å². The summed E-state index contributed by atoms with van der Waals surface area (Å²) < 4.78 is 0. The fourth-order valence-corrected chi connectivity index (χ4v) is 3.46. The smallest absolute Gasteiger partial charge is 0.321 e. The molecule has 2 aliphatic rings. The van der Waals surface area contributed by atoms with Crippen LogP contribution in [0.1, 0.15) is 32.6 Å². The van der Waals surface area contributed by atoms with Crippen molar-refractivity contribution in [3.63, 3.8) is 0 Å². The van der Waals surface area contributed by atoms with Crippen LogP contribution in [0.4, 0.5) is 16.2 Å². The maximum absolute atomic E-state index is 12.5. The van der Waals surface area contributed by atoms with Crippen LogP contribution in [-0.2, 0) is 4.79 Å². The van der Waals surface area contributed by atoms with E-state index in [0.717, 1.165) is 19.5 Å². The number of urea groups is 1. The van der Waals surface area contributed by atoms with Crippen LogP contribution in [0.25, 0.3) is 0 Å². The molecule has 1 unspecified atom stereocenters. The molecule has 2 saturated heterocycles.